The maximum absolute atomic E-state index is 11.6. The van der Waals surface area contributed by atoms with E-state index in [1.807, 2.05) is 0 Å². The molecule has 0 atom stereocenters. The molecule has 10 heteroatoms. The Hall–Kier alpha value is -1.87. The van der Waals surface area contributed by atoms with E-state index in [1.165, 1.54) is 0 Å². The Bertz CT molecular complexity index is 594. The highest BCUT2D eigenvalue weighted by Gasteiger charge is 2.24. The molecule has 0 aliphatic carbocycles. The number of hydrogen-bond donors (Lipinski definition) is 2. The Kier molecular flexibility index (Phi) is 6.12. The number of nitrogens with zero attached hydrogens (tertiary/aromatic N) is 2. The van der Waals surface area contributed by atoms with Gasteiger partial charge in [0.2, 0.25) is 5.71 Å². The minimum atomic E-state index is -1.34. The molecule has 122 valence electrons. The Morgan fingerprint density at radius 1 is 1.45 bits per heavy atom. The van der Waals surface area contributed by atoms with Gasteiger partial charge in [-0.3, -0.25) is 5.32 Å². The number of ether oxygens (including phenoxy) is 1. The van der Waals surface area contributed by atoms with Gasteiger partial charge in [0.15, 0.2) is 5.13 Å². The van der Waals surface area contributed by atoms with Crippen molar-refractivity contribution in [3.63, 3.8) is 0 Å². The van der Waals surface area contributed by atoms with Crippen LogP contribution in [-0.4, -0.2) is 40.1 Å². The number of amides is 1. The van der Waals surface area contributed by atoms with Crippen molar-refractivity contribution in [2.75, 3.05) is 11.9 Å². The Morgan fingerprint density at radius 2 is 2.09 bits per heavy atom. The van der Waals surface area contributed by atoms with E-state index in [4.69, 9.17) is 26.3 Å². The van der Waals surface area contributed by atoms with E-state index in [-0.39, 0.29) is 21.8 Å². The van der Waals surface area contributed by atoms with Gasteiger partial charge in [-0.1, -0.05) is 28.1 Å². The van der Waals surface area contributed by atoms with E-state index in [9.17, 15) is 9.59 Å². The number of thiazole rings is 1. The number of anilines is 1. The summed E-state index contributed by atoms with van der Waals surface area (Å²) in [5.41, 5.74) is -1.20. The average molecular weight is 350 g/mol. The number of aromatic nitrogens is 1. The van der Waals surface area contributed by atoms with Crippen LogP contribution in [0, 0.1) is 0 Å². The van der Waals surface area contributed by atoms with Crippen molar-refractivity contribution in [2.24, 2.45) is 5.16 Å². The molecule has 0 aromatic carbocycles. The van der Waals surface area contributed by atoms with E-state index in [2.05, 4.69) is 15.5 Å². The number of carboxylic acids is 1. The molecule has 1 aromatic heterocycles. The standard InChI is InChI=1S/C12H16ClN3O5S/c1-5-20-16-7(9(17)18)6-8(13)22-10(14-6)15-11(19)21-12(2,3)4/h5H2,1-4H3,(H,17,18)(H,14,15,19)/b16-7-. The second-order valence-corrected chi connectivity index (χ2v) is 6.53. The molecule has 22 heavy (non-hydrogen) atoms. The van der Waals surface area contributed by atoms with Crippen molar-refractivity contribution >= 4 is 45.8 Å². The average Bonchev–Trinajstić information content (AvgIpc) is 2.67. The second-order valence-electron chi connectivity index (χ2n) is 4.93. The smallest absolute Gasteiger partial charge is 0.413 e. The molecular formula is C12H16ClN3O5S. The summed E-state index contributed by atoms with van der Waals surface area (Å²) in [4.78, 5) is 31.5. The molecule has 0 bridgehead atoms. The first kappa shape index (κ1) is 18.2. The van der Waals surface area contributed by atoms with Crippen LogP contribution in [0.2, 0.25) is 4.34 Å². The van der Waals surface area contributed by atoms with Crippen molar-refractivity contribution in [1.82, 2.24) is 4.98 Å². The molecule has 0 saturated heterocycles. The molecule has 0 aliphatic rings. The first-order chi connectivity index (χ1) is 10.1. The normalized spacial score (nSPS) is 12.0. The number of aliphatic carboxylic acids is 1. The SMILES string of the molecule is CCO/N=C(\C(=O)O)c1nc(NC(=O)OC(C)(C)C)sc1Cl. The topological polar surface area (TPSA) is 110 Å². The van der Waals surface area contributed by atoms with Crippen molar-refractivity contribution in [1.29, 1.82) is 0 Å². The van der Waals surface area contributed by atoms with Crippen LogP contribution >= 0.6 is 22.9 Å². The van der Waals surface area contributed by atoms with Gasteiger partial charge in [-0.05, 0) is 27.7 Å². The zero-order valence-electron chi connectivity index (χ0n) is 12.5. The lowest BCUT2D eigenvalue weighted by molar-refractivity contribution is -0.129. The summed E-state index contributed by atoms with van der Waals surface area (Å²) >= 11 is 6.83. The summed E-state index contributed by atoms with van der Waals surface area (Å²) in [6, 6.07) is 0. The number of halogens is 1. The molecular weight excluding hydrogens is 334 g/mol. The third kappa shape index (κ3) is 5.49. The lowest BCUT2D eigenvalue weighted by atomic mass is 10.2. The van der Waals surface area contributed by atoms with Crippen LogP contribution in [0.15, 0.2) is 5.16 Å². The maximum atomic E-state index is 11.6. The lowest BCUT2D eigenvalue weighted by Gasteiger charge is -2.18. The molecule has 8 nitrogen and oxygen atoms in total. The van der Waals surface area contributed by atoms with Crippen LogP contribution in [0.5, 0.6) is 0 Å². The van der Waals surface area contributed by atoms with Gasteiger partial charge in [-0.25, -0.2) is 14.6 Å². The number of nitrogens with one attached hydrogen (secondary N) is 1. The van der Waals surface area contributed by atoms with Gasteiger partial charge in [-0.2, -0.15) is 0 Å². The Morgan fingerprint density at radius 3 is 2.59 bits per heavy atom. The van der Waals surface area contributed by atoms with Crippen LogP contribution in [0.3, 0.4) is 0 Å². The minimum absolute atomic E-state index is 0.0620. The van der Waals surface area contributed by atoms with E-state index in [1.54, 1.807) is 27.7 Å². The third-order valence-corrected chi connectivity index (χ3v) is 3.08. The molecule has 2 N–H and O–H groups in total. The lowest BCUT2D eigenvalue weighted by Crippen LogP contribution is -2.27. The van der Waals surface area contributed by atoms with E-state index in [0.29, 0.717) is 0 Å². The van der Waals surface area contributed by atoms with Crippen LogP contribution in [-0.2, 0) is 14.4 Å². The van der Waals surface area contributed by atoms with Crippen LogP contribution < -0.4 is 5.32 Å². The van der Waals surface area contributed by atoms with E-state index < -0.39 is 23.4 Å². The third-order valence-electron chi connectivity index (χ3n) is 1.91. The number of carbonyl (C=O) groups is 2. The van der Waals surface area contributed by atoms with Gasteiger partial charge in [0.1, 0.15) is 22.2 Å². The number of carboxylic acid groups (broad SMARTS) is 1. The van der Waals surface area contributed by atoms with Crippen LogP contribution in [0.4, 0.5) is 9.93 Å². The molecule has 0 saturated carbocycles. The second kappa shape index (κ2) is 7.41. The summed E-state index contributed by atoms with van der Waals surface area (Å²) in [6.45, 7) is 6.99. The fraction of sp³-hybridized carbons (Fsp3) is 0.500. The molecule has 0 aliphatic heterocycles. The molecule has 1 rings (SSSR count). The highest BCUT2D eigenvalue weighted by Crippen LogP contribution is 2.29. The van der Waals surface area contributed by atoms with Gasteiger partial charge in [0.05, 0.1) is 0 Å². The van der Waals surface area contributed by atoms with Crippen molar-refractivity contribution < 1.29 is 24.3 Å². The first-order valence-electron chi connectivity index (χ1n) is 6.24. The van der Waals surface area contributed by atoms with Crippen LogP contribution in [0.1, 0.15) is 33.4 Å². The monoisotopic (exact) mass is 349 g/mol. The molecule has 1 amide bonds. The van der Waals surface area contributed by atoms with Gasteiger partial charge in [-0.15, -0.1) is 0 Å². The summed E-state index contributed by atoms with van der Waals surface area (Å²) in [7, 11) is 0. The largest absolute Gasteiger partial charge is 0.476 e. The zero-order chi connectivity index (χ0) is 16.9. The van der Waals surface area contributed by atoms with E-state index >= 15 is 0 Å². The first-order valence-corrected chi connectivity index (χ1v) is 7.43. The Balaban J connectivity index is 2.95. The predicted molar refractivity (Wildman–Crippen MR) is 82.8 cm³/mol. The predicted octanol–water partition coefficient (Wildman–Crippen LogP) is 2.97. The molecule has 0 fully saturated rings. The summed E-state index contributed by atoms with van der Waals surface area (Å²) in [6.07, 6.45) is -0.719. The molecule has 0 radical (unpaired) electrons. The molecule has 0 spiro atoms. The molecule has 0 unspecified atom stereocenters. The number of rotatable bonds is 5. The summed E-state index contributed by atoms with van der Waals surface area (Å²) < 4.78 is 5.13. The minimum Gasteiger partial charge on any atom is -0.476 e. The fourth-order valence-electron chi connectivity index (χ4n) is 1.20. The van der Waals surface area contributed by atoms with Crippen molar-refractivity contribution in [3.05, 3.63) is 10.0 Å². The zero-order valence-corrected chi connectivity index (χ0v) is 14.0. The number of hydrogen-bond acceptors (Lipinski definition) is 7. The summed E-state index contributed by atoms with van der Waals surface area (Å²) in [5, 5.41) is 15.0. The Labute approximate surface area is 136 Å². The quantitative estimate of drug-likeness (QED) is 0.624. The molecule has 1 aromatic rings. The van der Waals surface area contributed by atoms with Gasteiger partial charge in [0.25, 0.3) is 0 Å². The number of oxime groups is 1. The molecule has 1 heterocycles. The summed E-state index contributed by atoms with van der Waals surface area (Å²) in [5.74, 6) is -1.34. The number of carbonyl (C=O) groups excluding carboxylic acids is 1. The highest BCUT2D eigenvalue weighted by molar-refractivity contribution is 7.20. The van der Waals surface area contributed by atoms with Crippen molar-refractivity contribution in [2.45, 2.75) is 33.3 Å². The fourth-order valence-corrected chi connectivity index (χ4v) is 2.24. The van der Waals surface area contributed by atoms with E-state index in [0.717, 1.165) is 11.3 Å². The van der Waals surface area contributed by atoms with Gasteiger partial charge < -0.3 is 14.7 Å². The highest BCUT2D eigenvalue weighted by atomic mass is 35.5. The maximum Gasteiger partial charge on any atom is 0.413 e. The van der Waals surface area contributed by atoms with Crippen molar-refractivity contribution in [3.8, 4) is 0 Å². The van der Waals surface area contributed by atoms with Gasteiger partial charge >= 0.3 is 12.1 Å². The van der Waals surface area contributed by atoms with Crippen LogP contribution in [0.25, 0.3) is 0 Å². The van der Waals surface area contributed by atoms with Gasteiger partial charge in [0, 0.05) is 0 Å².